The summed E-state index contributed by atoms with van der Waals surface area (Å²) in [5.74, 6) is -1.75. The Hall–Kier alpha value is -3.33. The highest BCUT2D eigenvalue weighted by Gasteiger charge is 2.20. The molecule has 0 aliphatic carbocycles. The molecule has 3 heterocycles. The summed E-state index contributed by atoms with van der Waals surface area (Å²) >= 11 is 1.29. The lowest BCUT2D eigenvalue weighted by molar-refractivity contribution is 0.0312. The van der Waals surface area contributed by atoms with Gasteiger partial charge < -0.3 is 58.5 Å². The SMILES string of the molecule is CSC(N)=Nc1cncc(C(=O)O)c1.Cl.Cl.NC[C@H](O)[C@@H](O)CN.O=C(O)c1cncc(NC2=NC[C@H](O)[C@@H](O)CN2)c1. The number of carboxylic acid groups (broad SMARTS) is 2. The fraction of sp³-hybridized carbons (Fsp3) is 0.391. The summed E-state index contributed by atoms with van der Waals surface area (Å²) in [5, 5.41) is 59.8. The highest BCUT2D eigenvalue weighted by molar-refractivity contribution is 8.13. The molecular formula is C23H37Cl2N9O8S. The summed E-state index contributed by atoms with van der Waals surface area (Å²) < 4.78 is 0. The number of aliphatic hydroxyl groups excluding tert-OH is 4. The first-order valence-electron chi connectivity index (χ1n) is 11.8. The number of hydrogen-bond acceptors (Lipinski definition) is 15. The van der Waals surface area contributed by atoms with Gasteiger partial charge in [0.15, 0.2) is 11.1 Å². The van der Waals surface area contributed by atoms with Crippen LogP contribution in [0.3, 0.4) is 0 Å². The Morgan fingerprint density at radius 2 is 1.53 bits per heavy atom. The number of nitrogens with zero attached hydrogens (tertiary/aromatic N) is 4. The molecule has 43 heavy (non-hydrogen) atoms. The number of aromatic nitrogens is 2. The van der Waals surface area contributed by atoms with E-state index in [2.05, 4.69) is 30.6 Å². The van der Waals surface area contributed by atoms with E-state index < -0.39 is 36.4 Å². The first-order valence-corrected chi connectivity index (χ1v) is 13.1. The Morgan fingerprint density at radius 1 is 1.00 bits per heavy atom. The van der Waals surface area contributed by atoms with Crippen LogP contribution in [0.15, 0.2) is 46.9 Å². The zero-order valence-electron chi connectivity index (χ0n) is 22.8. The average molecular weight is 671 g/mol. The predicted octanol–water partition coefficient (Wildman–Crippen LogP) is -1.57. The van der Waals surface area contributed by atoms with Crippen LogP contribution in [0.2, 0.25) is 0 Å². The van der Waals surface area contributed by atoms with Crippen molar-refractivity contribution in [1.29, 1.82) is 0 Å². The van der Waals surface area contributed by atoms with E-state index in [1.54, 1.807) is 6.26 Å². The van der Waals surface area contributed by atoms with Gasteiger partial charge in [0.1, 0.15) is 6.10 Å². The zero-order chi connectivity index (χ0) is 30.9. The lowest BCUT2D eigenvalue weighted by Crippen LogP contribution is -2.38. The number of β-amino-alcohol motifs (C(OH)–C–C–N with tert-alkyl or cyclic N) is 1. The van der Waals surface area contributed by atoms with Crippen molar-refractivity contribution in [1.82, 2.24) is 15.3 Å². The summed E-state index contributed by atoms with van der Waals surface area (Å²) in [6.45, 7) is 0.318. The van der Waals surface area contributed by atoms with Crippen molar-refractivity contribution in [3.63, 3.8) is 0 Å². The molecule has 0 amide bonds. The van der Waals surface area contributed by atoms with E-state index in [-0.39, 0.29) is 62.1 Å². The highest BCUT2D eigenvalue weighted by atomic mass is 35.5. The average Bonchev–Trinajstić information content (AvgIpc) is 3.13. The van der Waals surface area contributed by atoms with Crippen molar-refractivity contribution in [2.75, 3.05) is 37.8 Å². The molecule has 0 aromatic carbocycles. The van der Waals surface area contributed by atoms with Crippen molar-refractivity contribution in [2.45, 2.75) is 24.4 Å². The maximum Gasteiger partial charge on any atom is 0.337 e. The van der Waals surface area contributed by atoms with Crippen LogP contribution in [0.5, 0.6) is 0 Å². The molecule has 0 unspecified atom stereocenters. The number of aliphatic imine (C=N–C) groups is 2. The quantitative estimate of drug-likeness (QED) is 0.117. The number of anilines is 1. The predicted molar refractivity (Wildman–Crippen MR) is 168 cm³/mol. The van der Waals surface area contributed by atoms with E-state index in [1.165, 1.54) is 48.7 Å². The lowest BCUT2D eigenvalue weighted by Gasteiger charge is -2.13. The Bertz CT molecular complexity index is 1190. The third-order valence-corrected chi connectivity index (χ3v) is 5.46. The topological polar surface area (TPSA) is 308 Å². The van der Waals surface area contributed by atoms with Crippen LogP contribution in [0.25, 0.3) is 0 Å². The maximum absolute atomic E-state index is 10.8. The molecular weight excluding hydrogens is 633 g/mol. The van der Waals surface area contributed by atoms with E-state index >= 15 is 0 Å². The van der Waals surface area contributed by atoms with Gasteiger partial charge >= 0.3 is 11.9 Å². The molecule has 2 aromatic rings. The number of nitrogens with one attached hydrogen (secondary N) is 2. The van der Waals surface area contributed by atoms with Crippen molar-refractivity contribution in [3.05, 3.63) is 48.0 Å². The second-order valence-corrected chi connectivity index (χ2v) is 8.92. The fourth-order valence-corrected chi connectivity index (χ4v) is 2.84. The van der Waals surface area contributed by atoms with Crippen LogP contribution >= 0.6 is 36.6 Å². The van der Waals surface area contributed by atoms with Gasteiger partial charge in [-0.2, -0.15) is 0 Å². The smallest absolute Gasteiger partial charge is 0.337 e. The largest absolute Gasteiger partial charge is 0.478 e. The van der Waals surface area contributed by atoms with E-state index in [0.29, 0.717) is 22.5 Å². The van der Waals surface area contributed by atoms with Gasteiger partial charge in [-0.3, -0.25) is 15.0 Å². The molecule has 242 valence electrons. The maximum atomic E-state index is 10.8. The van der Waals surface area contributed by atoms with Crippen LogP contribution in [0.1, 0.15) is 20.7 Å². The third-order valence-electron chi connectivity index (χ3n) is 4.95. The summed E-state index contributed by atoms with van der Waals surface area (Å²) in [6, 6.07) is 2.83. The van der Waals surface area contributed by atoms with Gasteiger partial charge in [0.2, 0.25) is 0 Å². The molecule has 4 atom stereocenters. The minimum atomic E-state index is -1.07. The minimum Gasteiger partial charge on any atom is -0.478 e. The molecule has 0 bridgehead atoms. The Balaban J connectivity index is 0. The van der Waals surface area contributed by atoms with E-state index in [1.807, 2.05) is 0 Å². The third kappa shape index (κ3) is 16.2. The second kappa shape index (κ2) is 22.2. The summed E-state index contributed by atoms with van der Waals surface area (Å²) in [5.41, 5.74) is 16.5. The molecule has 0 saturated heterocycles. The number of guanidine groups is 1. The number of carboxylic acids is 2. The molecule has 3 rings (SSSR count). The summed E-state index contributed by atoms with van der Waals surface area (Å²) in [4.78, 5) is 36.9. The van der Waals surface area contributed by atoms with Crippen molar-refractivity contribution < 1.29 is 40.2 Å². The number of thioether (sulfide) groups is 1. The zero-order valence-corrected chi connectivity index (χ0v) is 25.3. The molecule has 2 aromatic heterocycles. The van der Waals surface area contributed by atoms with Crippen LogP contribution in [-0.4, -0.2) is 121 Å². The molecule has 0 saturated carbocycles. The number of aromatic carboxylic acids is 2. The molecule has 1 aliphatic heterocycles. The van der Waals surface area contributed by atoms with Gasteiger partial charge in [0, 0.05) is 32.0 Å². The number of pyridine rings is 2. The summed E-state index contributed by atoms with van der Waals surface area (Å²) in [7, 11) is 0. The molecule has 17 nitrogen and oxygen atoms in total. The van der Waals surface area contributed by atoms with Gasteiger partial charge in [-0.25, -0.2) is 14.6 Å². The van der Waals surface area contributed by atoms with E-state index in [4.69, 9.17) is 37.6 Å². The van der Waals surface area contributed by atoms with E-state index in [9.17, 15) is 19.8 Å². The number of carbonyl (C=O) groups is 2. The highest BCUT2D eigenvalue weighted by Crippen LogP contribution is 2.13. The van der Waals surface area contributed by atoms with Crippen LogP contribution in [-0.2, 0) is 0 Å². The number of amidine groups is 1. The number of nitrogens with two attached hydrogens (primary N) is 3. The fourth-order valence-electron chi connectivity index (χ4n) is 2.64. The second-order valence-electron chi connectivity index (χ2n) is 8.09. The number of aliphatic hydroxyl groups is 4. The van der Waals surface area contributed by atoms with Crippen molar-refractivity contribution in [2.24, 2.45) is 27.2 Å². The number of halogens is 2. The van der Waals surface area contributed by atoms with E-state index in [0.717, 1.165) is 0 Å². The van der Waals surface area contributed by atoms with Crippen LogP contribution in [0, 0.1) is 0 Å². The van der Waals surface area contributed by atoms with Gasteiger partial charge in [0.25, 0.3) is 0 Å². The first kappa shape index (κ1) is 41.8. The minimum absolute atomic E-state index is 0. The normalized spacial score (nSPS) is 17.2. The van der Waals surface area contributed by atoms with Gasteiger partial charge in [-0.15, -0.1) is 24.8 Å². The Labute approximate surface area is 263 Å². The molecule has 14 N–H and O–H groups in total. The van der Waals surface area contributed by atoms with Crippen molar-refractivity contribution >= 4 is 71.0 Å². The van der Waals surface area contributed by atoms with Gasteiger partial charge in [-0.05, 0) is 18.4 Å². The molecule has 0 radical (unpaired) electrons. The number of hydrogen-bond donors (Lipinski definition) is 11. The van der Waals surface area contributed by atoms with Crippen LogP contribution < -0.4 is 27.8 Å². The molecule has 1 aliphatic rings. The van der Waals surface area contributed by atoms with Crippen molar-refractivity contribution in [3.8, 4) is 0 Å². The molecule has 0 spiro atoms. The van der Waals surface area contributed by atoms with Gasteiger partial charge in [-0.1, -0.05) is 11.8 Å². The van der Waals surface area contributed by atoms with Gasteiger partial charge in [0.05, 0.1) is 59.8 Å². The Morgan fingerprint density at radius 3 is 2.05 bits per heavy atom. The summed E-state index contributed by atoms with van der Waals surface area (Å²) in [6.07, 6.45) is 3.62. The lowest BCUT2D eigenvalue weighted by atomic mass is 10.2. The molecule has 20 heteroatoms. The van der Waals surface area contributed by atoms with Crippen LogP contribution in [0.4, 0.5) is 11.4 Å². The molecule has 0 fully saturated rings. The number of rotatable bonds is 7. The Kier molecular flexibility index (Phi) is 21.6. The standard InChI is InChI=1S/C11H14N4O4.C8H9N3O2S.C4H12N2O2.2ClH/c16-8-4-13-11(14-5-9(8)17)15-7-1-6(10(18)19)2-12-3-7;1-14-8(9)11-6-2-5(7(12)13)3-10-4-6;5-1-3(7)4(8)2-6;;/h1-3,8-9,16-17H,4-5H2,(H,18,19)(H2,13,14,15);2-4H,1H3,(H2,9,11)(H,12,13);3-4,7-8H,1-2,5-6H2;2*1H/t8-,9-;;3-,4-;;/m0.0../s1. The monoisotopic (exact) mass is 669 g/mol. The first-order chi connectivity index (χ1) is 19.4.